The van der Waals surface area contributed by atoms with E-state index in [2.05, 4.69) is 57.2 Å². The molecule has 3 heterocycles. The first-order valence-corrected chi connectivity index (χ1v) is 16.9. The molecule has 264 valence electrons. The monoisotopic (exact) mass is 689 g/mol. The molecule has 0 aliphatic carbocycles. The number of pyridine rings is 1. The third-order valence-corrected chi connectivity index (χ3v) is 8.39. The lowest BCUT2D eigenvalue weighted by molar-refractivity contribution is -0.119. The number of carbonyl (C=O) groups is 3. The van der Waals surface area contributed by atoms with Gasteiger partial charge in [-0.1, -0.05) is 62.7 Å². The summed E-state index contributed by atoms with van der Waals surface area (Å²) < 4.78 is 7.98. The number of aromatic nitrogens is 3. The maximum atomic E-state index is 13.4. The molecule has 0 spiro atoms. The molecule has 4 amide bonds. The molecule has 1 aliphatic rings. The minimum Gasteiger partial charge on any atom is -0.457 e. The van der Waals surface area contributed by atoms with Gasteiger partial charge in [0.2, 0.25) is 0 Å². The molecule has 1 saturated heterocycles. The smallest absolute Gasteiger partial charge is 0.324 e. The maximum Gasteiger partial charge on any atom is 0.324 e. The van der Waals surface area contributed by atoms with Crippen LogP contribution in [0.25, 0.3) is 16.5 Å². The summed E-state index contributed by atoms with van der Waals surface area (Å²) in [6.07, 6.45) is 1.52. The molecule has 1 fully saturated rings. The number of benzene rings is 3. The fourth-order valence-corrected chi connectivity index (χ4v) is 5.64. The zero-order valence-corrected chi connectivity index (χ0v) is 29.2. The van der Waals surface area contributed by atoms with Gasteiger partial charge in [-0.25, -0.2) is 19.3 Å². The number of Topliss-reactive ketones (excluding diaryl/α,β-unsaturated/α-hetero) is 1. The fourth-order valence-electron chi connectivity index (χ4n) is 5.64. The van der Waals surface area contributed by atoms with Gasteiger partial charge in [-0.05, 0) is 37.3 Å². The fraction of sp³-hybridized carbons (Fsp3) is 0.289. The summed E-state index contributed by atoms with van der Waals surface area (Å²) in [4.78, 5) is 44.6. The lowest BCUT2D eigenvalue weighted by Gasteiger charge is -2.26. The summed E-state index contributed by atoms with van der Waals surface area (Å²) in [5.74, 6) is 1.73. The molecular formula is C38H43N9O4. The molecule has 0 unspecified atom stereocenters. The van der Waals surface area contributed by atoms with Crippen LogP contribution in [0.2, 0.25) is 0 Å². The van der Waals surface area contributed by atoms with Crippen LogP contribution in [0, 0.1) is 6.92 Å². The molecule has 13 nitrogen and oxygen atoms in total. The molecule has 0 atom stereocenters. The Morgan fingerprint density at radius 3 is 2.35 bits per heavy atom. The average Bonchev–Trinajstić information content (AvgIpc) is 3.54. The number of urea groups is 2. The van der Waals surface area contributed by atoms with Crippen molar-refractivity contribution >= 4 is 45.9 Å². The Labute approximate surface area is 296 Å². The number of carbonyl (C=O) groups excluding carboxylic acids is 3. The number of aryl methyl sites for hydroxylation is 1. The van der Waals surface area contributed by atoms with E-state index in [-0.39, 0.29) is 23.6 Å². The van der Waals surface area contributed by atoms with Crippen LogP contribution < -0.4 is 31.3 Å². The Morgan fingerprint density at radius 1 is 0.863 bits per heavy atom. The number of nitrogens with zero attached hydrogens (tertiary/aromatic N) is 4. The highest BCUT2D eigenvalue weighted by atomic mass is 16.5. The number of piperazine rings is 1. The summed E-state index contributed by atoms with van der Waals surface area (Å²) in [7, 11) is 0. The van der Waals surface area contributed by atoms with Crippen molar-refractivity contribution in [1.29, 1.82) is 0 Å². The van der Waals surface area contributed by atoms with Crippen molar-refractivity contribution in [2.24, 2.45) is 0 Å². The number of hydrogen-bond donors (Lipinski definition) is 5. The Kier molecular flexibility index (Phi) is 10.6. The summed E-state index contributed by atoms with van der Waals surface area (Å²) in [6.45, 7) is 11.8. The first kappa shape index (κ1) is 35.1. The number of ketones is 1. The second-order valence-electron chi connectivity index (χ2n) is 13.5. The molecule has 5 aromatic rings. The highest BCUT2D eigenvalue weighted by molar-refractivity contribution is 6.07. The van der Waals surface area contributed by atoms with Crippen molar-refractivity contribution < 1.29 is 19.1 Å². The predicted molar refractivity (Wildman–Crippen MR) is 199 cm³/mol. The molecular weight excluding hydrogens is 646 g/mol. The third kappa shape index (κ3) is 9.07. The highest BCUT2D eigenvalue weighted by Crippen LogP contribution is 2.35. The minimum absolute atomic E-state index is 0.0667. The van der Waals surface area contributed by atoms with Gasteiger partial charge in [0.05, 0.1) is 30.2 Å². The molecule has 2 aromatic heterocycles. The van der Waals surface area contributed by atoms with Gasteiger partial charge in [-0.15, -0.1) is 0 Å². The van der Waals surface area contributed by atoms with E-state index in [1.54, 1.807) is 28.9 Å². The number of anilines is 3. The van der Waals surface area contributed by atoms with Crippen molar-refractivity contribution in [3.8, 4) is 17.2 Å². The normalized spacial score (nSPS) is 13.4. The number of fused-ring (bicyclic) bond motifs is 1. The number of rotatable bonds is 10. The quantitative estimate of drug-likeness (QED) is 0.119. The SMILES string of the molecule is Cc1ccc(-n2nc(C(C)(C)C)cc2NC(=O)Nc2ccc(Oc3ccnc(NC(=O)NCC(=O)CN4CCNCC4)c3)c3ccccc23)cc1. The van der Waals surface area contributed by atoms with Crippen LogP contribution in [0.15, 0.2) is 85.1 Å². The van der Waals surface area contributed by atoms with Gasteiger partial charge in [0.1, 0.15) is 23.1 Å². The van der Waals surface area contributed by atoms with E-state index in [4.69, 9.17) is 9.84 Å². The Hall–Kier alpha value is -5.79. The van der Waals surface area contributed by atoms with Gasteiger partial charge in [-0.2, -0.15) is 5.10 Å². The zero-order chi connectivity index (χ0) is 36.0. The predicted octanol–water partition coefficient (Wildman–Crippen LogP) is 6.06. The number of ether oxygens (including phenoxy) is 1. The van der Waals surface area contributed by atoms with Gasteiger partial charge in [0.25, 0.3) is 0 Å². The number of nitrogens with one attached hydrogen (secondary N) is 5. The summed E-state index contributed by atoms with van der Waals surface area (Å²) in [5, 5.41) is 20.8. The van der Waals surface area contributed by atoms with Crippen molar-refractivity contribution in [1.82, 2.24) is 30.3 Å². The minimum atomic E-state index is -0.538. The molecule has 6 rings (SSSR count). The maximum absolute atomic E-state index is 13.4. The second-order valence-corrected chi connectivity index (χ2v) is 13.5. The molecule has 0 saturated carbocycles. The summed E-state index contributed by atoms with van der Waals surface area (Å²) in [6, 6.07) is 23.3. The van der Waals surface area contributed by atoms with Gasteiger partial charge < -0.3 is 20.7 Å². The van der Waals surface area contributed by atoms with Crippen LogP contribution in [0.5, 0.6) is 11.5 Å². The van der Waals surface area contributed by atoms with Gasteiger partial charge >= 0.3 is 12.1 Å². The Morgan fingerprint density at radius 2 is 1.61 bits per heavy atom. The van der Waals surface area contributed by atoms with Crippen molar-refractivity contribution in [3.05, 3.63) is 96.3 Å². The number of amides is 4. The molecule has 1 aliphatic heterocycles. The molecule has 5 N–H and O–H groups in total. The zero-order valence-electron chi connectivity index (χ0n) is 29.2. The van der Waals surface area contributed by atoms with Crippen molar-refractivity contribution in [2.75, 3.05) is 55.2 Å². The molecule has 0 radical (unpaired) electrons. The summed E-state index contributed by atoms with van der Waals surface area (Å²) in [5.41, 5.74) is 3.18. The van der Waals surface area contributed by atoms with Crippen LogP contribution in [-0.2, 0) is 10.2 Å². The molecule has 0 bridgehead atoms. The van der Waals surface area contributed by atoms with Crippen LogP contribution in [0.1, 0.15) is 32.0 Å². The second kappa shape index (κ2) is 15.4. The lowest BCUT2D eigenvalue weighted by Crippen LogP contribution is -2.47. The van der Waals surface area contributed by atoms with E-state index in [0.29, 0.717) is 29.5 Å². The van der Waals surface area contributed by atoms with Crippen molar-refractivity contribution in [3.63, 3.8) is 0 Å². The van der Waals surface area contributed by atoms with Crippen LogP contribution in [-0.4, -0.2) is 76.8 Å². The average molecular weight is 690 g/mol. The Bertz CT molecular complexity index is 2030. The van der Waals surface area contributed by atoms with Gasteiger partial charge in [0.15, 0.2) is 5.78 Å². The highest BCUT2D eigenvalue weighted by Gasteiger charge is 2.22. The molecule has 51 heavy (non-hydrogen) atoms. The van der Waals surface area contributed by atoms with Crippen molar-refractivity contribution in [2.45, 2.75) is 33.1 Å². The van der Waals surface area contributed by atoms with E-state index in [0.717, 1.165) is 53.9 Å². The van der Waals surface area contributed by atoms with Crippen LogP contribution in [0.3, 0.4) is 0 Å². The standard InChI is InChI=1S/C38H43N9O4/c1-25-9-11-26(12-10-25)47-35(22-33(45-47)38(2,3)4)44-37(50)42-31-13-14-32(30-8-6-5-7-29(30)31)51-28-15-16-40-34(21-28)43-36(49)41-23-27(48)24-46-19-17-39-18-20-46/h5-16,21-22,39H,17-20,23-24H2,1-4H3,(H2,42,44,50)(H2,40,41,43,49). The van der Waals surface area contributed by atoms with E-state index in [9.17, 15) is 14.4 Å². The molecule has 3 aromatic carbocycles. The van der Waals surface area contributed by atoms with E-state index in [1.807, 2.05) is 61.5 Å². The van der Waals surface area contributed by atoms with E-state index in [1.165, 1.54) is 6.20 Å². The third-order valence-electron chi connectivity index (χ3n) is 8.39. The number of hydrogen-bond acceptors (Lipinski definition) is 8. The first-order valence-electron chi connectivity index (χ1n) is 16.9. The summed E-state index contributed by atoms with van der Waals surface area (Å²) >= 11 is 0. The first-order chi connectivity index (χ1) is 24.5. The topological polar surface area (TPSA) is 155 Å². The largest absolute Gasteiger partial charge is 0.457 e. The molecule has 13 heteroatoms. The van der Waals surface area contributed by atoms with Crippen LogP contribution >= 0.6 is 0 Å². The van der Waals surface area contributed by atoms with E-state index >= 15 is 0 Å². The Balaban J connectivity index is 1.12. The van der Waals surface area contributed by atoms with Gasteiger partial charge in [0, 0.05) is 60.7 Å². The van der Waals surface area contributed by atoms with Crippen LogP contribution in [0.4, 0.5) is 26.9 Å². The van der Waals surface area contributed by atoms with Gasteiger partial charge in [-0.3, -0.25) is 20.3 Å². The van der Waals surface area contributed by atoms with E-state index < -0.39 is 12.1 Å². The lowest BCUT2D eigenvalue weighted by atomic mass is 9.92.